The van der Waals surface area contributed by atoms with Crippen molar-refractivity contribution >= 4 is 51.0 Å². The van der Waals surface area contributed by atoms with Crippen LogP contribution in [0.15, 0.2) is 18.2 Å². The number of anilines is 2. The summed E-state index contributed by atoms with van der Waals surface area (Å²) in [5.74, 6) is -2.32. The first-order valence-electron chi connectivity index (χ1n) is 8.68. The fourth-order valence-corrected chi connectivity index (χ4v) is 4.04. The monoisotopic (exact) mass is 417 g/mol. The first-order chi connectivity index (χ1) is 13.9. The number of aromatic amines is 1. The summed E-state index contributed by atoms with van der Waals surface area (Å²) in [6.07, 6.45) is -0.0388. The van der Waals surface area contributed by atoms with E-state index < -0.39 is 23.6 Å². The van der Waals surface area contributed by atoms with Gasteiger partial charge in [0.05, 0.1) is 23.9 Å². The fourth-order valence-electron chi connectivity index (χ4n) is 3.24. The minimum Gasteiger partial charge on any atom is -0.464 e. The molecule has 1 saturated heterocycles. The third-order valence-electron chi connectivity index (χ3n) is 4.68. The summed E-state index contributed by atoms with van der Waals surface area (Å²) >= 11 is 1.14. The van der Waals surface area contributed by atoms with Crippen LogP contribution in [0.2, 0.25) is 0 Å². The van der Waals surface area contributed by atoms with Crippen LogP contribution < -0.4 is 10.2 Å². The molecule has 29 heavy (non-hydrogen) atoms. The van der Waals surface area contributed by atoms with Crippen molar-refractivity contribution in [3.63, 3.8) is 0 Å². The molecule has 3 aromatic rings. The first kappa shape index (κ1) is 19.0. The molecule has 0 bridgehead atoms. The van der Waals surface area contributed by atoms with Crippen molar-refractivity contribution in [2.24, 2.45) is 5.92 Å². The van der Waals surface area contributed by atoms with E-state index in [0.717, 1.165) is 11.3 Å². The minimum absolute atomic E-state index is 0.0388. The van der Waals surface area contributed by atoms with Gasteiger partial charge in [0, 0.05) is 17.8 Å². The van der Waals surface area contributed by atoms with Crippen LogP contribution in [-0.4, -0.2) is 46.6 Å². The molecule has 0 spiro atoms. The van der Waals surface area contributed by atoms with Crippen molar-refractivity contribution < 1.29 is 23.5 Å². The number of H-pyrrole nitrogens is 1. The number of esters is 1. The molecule has 1 aliphatic rings. The number of amides is 2. The number of rotatable bonds is 4. The Bertz CT molecular complexity index is 1140. The van der Waals surface area contributed by atoms with Crippen molar-refractivity contribution in [2.45, 2.75) is 13.3 Å². The standard InChI is InChI=1S/C18H16FN5O4S/c1-8-14(17(27)28-2)20-18(29-8)21-16(26)9-6-12(25)24(7-9)15-13-10(19)4-3-5-11(13)22-23-15/h3-5,9H,6-7H2,1-2H3,(H,22,23)(H,20,21,26)/t9-/m1/s1. The van der Waals surface area contributed by atoms with Crippen LogP contribution in [0.3, 0.4) is 0 Å². The predicted octanol–water partition coefficient (Wildman–Crippen LogP) is 2.25. The normalized spacial score (nSPS) is 16.4. The van der Waals surface area contributed by atoms with Crippen LogP contribution in [-0.2, 0) is 14.3 Å². The van der Waals surface area contributed by atoms with Gasteiger partial charge in [-0.1, -0.05) is 6.07 Å². The summed E-state index contributed by atoms with van der Waals surface area (Å²) < 4.78 is 18.9. The lowest BCUT2D eigenvalue weighted by molar-refractivity contribution is -0.122. The van der Waals surface area contributed by atoms with Gasteiger partial charge >= 0.3 is 5.97 Å². The smallest absolute Gasteiger partial charge is 0.357 e. The average molecular weight is 417 g/mol. The lowest BCUT2D eigenvalue weighted by Gasteiger charge is -2.14. The molecule has 0 radical (unpaired) electrons. The largest absolute Gasteiger partial charge is 0.464 e. The Morgan fingerprint density at radius 3 is 2.97 bits per heavy atom. The molecule has 1 aromatic carbocycles. The number of methoxy groups -OCH3 is 1. The topological polar surface area (TPSA) is 117 Å². The van der Waals surface area contributed by atoms with E-state index in [4.69, 9.17) is 0 Å². The maximum absolute atomic E-state index is 14.2. The molecule has 9 nitrogen and oxygen atoms in total. The van der Waals surface area contributed by atoms with Crippen molar-refractivity contribution in [1.82, 2.24) is 15.2 Å². The van der Waals surface area contributed by atoms with Gasteiger partial charge in [0.2, 0.25) is 11.8 Å². The number of ether oxygens (including phenoxy) is 1. The number of nitrogens with one attached hydrogen (secondary N) is 2. The maximum Gasteiger partial charge on any atom is 0.357 e. The highest BCUT2D eigenvalue weighted by Gasteiger charge is 2.37. The molecular weight excluding hydrogens is 401 g/mol. The lowest BCUT2D eigenvalue weighted by atomic mass is 10.1. The van der Waals surface area contributed by atoms with Crippen LogP contribution in [0.25, 0.3) is 10.9 Å². The summed E-state index contributed by atoms with van der Waals surface area (Å²) in [7, 11) is 1.25. The van der Waals surface area contributed by atoms with Crippen molar-refractivity contribution in [3.8, 4) is 0 Å². The zero-order chi connectivity index (χ0) is 20.7. The molecule has 0 unspecified atom stereocenters. The van der Waals surface area contributed by atoms with Gasteiger partial charge in [-0.15, -0.1) is 11.3 Å². The van der Waals surface area contributed by atoms with Gasteiger partial charge in [-0.25, -0.2) is 14.2 Å². The second-order valence-corrected chi connectivity index (χ2v) is 7.72. The Labute approximate surface area is 167 Å². The number of aromatic nitrogens is 3. The van der Waals surface area contributed by atoms with Gasteiger partial charge < -0.3 is 10.1 Å². The fraction of sp³-hybridized carbons (Fsp3) is 0.278. The Kier molecular flexibility index (Phi) is 4.74. The van der Waals surface area contributed by atoms with Crippen molar-refractivity contribution in [3.05, 3.63) is 34.6 Å². The number of hydrogen-bond donors (Lipinski definition) is 2. The minimum atomic E-state index is -0.660. The highest BCUT2D eigenvalue weighted by molar-refractivity contribution is 7.16. The van der Waals surface area contributed by atoms with Gasteiger partial charge in [0.15, 0.2) is 16.6 Å². The number of aryl methyl sites for hydroxylation is 1. The van der Waals surface area contributed by atoms with E-state index in [1.807, 2.05) is 0 Å². The number of thiazole rings is 1. The van der Waals surface area contributed by atoms with E-state index in [0.29, 0.717) is 10.4 Å². The number of fused-ring (bicyclic) bond motifs is 1. The Morgan fingerprint density at radius 1 is 1.41 bits per heavy atom. The number of nitrogens with zero attached hydrogens (tertiary/aromatic N) is 3. The summed E-state index contributed by atoms with van der Waals surface area (Å²) in [6.45, 7) is 1.75. The molecule has 150 valence electrons. The molecule has 4 rings (SSSR count). The van der Waals surface area contributed by atoms with E-state index in [1.54, 1.807) is 19.1 Å². The maximum atomic E-state index is 14.2. The van der Waals surface area contributed by atoms with E-state index in [1.165, 1.54) is 18.1 Å². The van der Waals surface area contributed by atoms with Gasteiger partial charge in [-0.2, -0.15) is 5.10 Å². The quantitative estimate of drug-likeness (QED) is 0.629. The summed E-state index contributed by atoms with van der Waals surface area (Å²) in [5, 5.41) is 9.85. The summed E-state index contributed by atoms with van der Waals surface area (Å²) in [6, 6.07) is 4.49. The molecule has 2 N–H and O–H groups in total. The van der Waals surface area contributed by atoms with Crippen LogP contribution in [0.1, 0.15) is 21.8 Å². The zero-order valence-electron chi connectivity index (χ0n) is 15.5. The molecule has 0 saturated carbocycles. The summed E-state index contributed by atoms with van der Waals surface area (Å²) in [5.41, 5.74) is 0.602. The molecular formula is C18H16FN5O4S. The van der Waals surface area contributed by atoms with E-state index in [2.05, 4.69) is 25.2 Å². The molecule has 3 heterocycles. The number of hydrogen-bond acceptors (Lipinski definition) is 7. The van der Waals surface area contributed by atoms with Gasteiger partial charge in [0.25, 0.3) is 0 Å². The molecule has 11 heteroatoms. The molecule has 0 aliphatic carbocycles. The Hall–Kier alpha value is -3.34. The highest BCUT2D eigenvalue weighted by atomic mass is 32.1. The van der Waals surface area contributed by atoms with Gasteiger partial charge in [-0.05, 0) is 19.1 Å². The third kappa shape index (κ3) is 3.33. The first-order valence-corrected chi connectivity index (χ1v) is 9.50. The van der Waals surface area contributed by atoms with Crippen LogP contribution >= 0.6 is 11.3 Å². The average Bonchev–Trinajstić information content (AvgIpc) is 3.38. The SMILES string of the molecule is COC(=O)c1nc(NC(=O)[C@@H]2CC(=O)N(c3n[nH]c4cccc(F)c34)C2)sc1C. The molecule has 2 amide bonds. The second kappa shape index (κ2) is 7.24. The number of carbonyl (C=O) groups is 3. The van der Waals surface area contributed by atoms with Crippen molar-refractivity contribution in [2.75, 3.05) is 23.9 Å². The molecule has 2 aromatic heterocycles. The highest BCUT2D eigenvalue weighted by Crippen LogP contribution is 2.32. The van der Waals surface area contributed by atoms with Crippen LogP contribution in [0, 0.1) is 18.7 Å². The Morgan fingerprint density at radius 2 is 2.21 bits per heavy atom. The van der Waals surface area contributed by atoms with Crippen molar-refractivity contribution in [1.29, 1.82) is 0 Å². The van der Waals surface area contributed by atoms with E-state index >= 15 is 0 Å². The lowest BCUT2D eigenvalue weighted by Crippen LogP contribution is -2.28. The number of halogens is 1. The predicted molar refractivity (Wildman–Crippen MR) is 103 cm³/mol. The van der Waals surface area contributed by atoms with Crippen LogP contribution in [0.5, 0.6) is 0 Å². The zero-order valence-corrected chi connectivity index (χ0v) is 16.3. The van der Waals surface area contributed by atoms with E-state index in [-0.39, 0.29) is 40.9 Å². The molecule has 1 fully saturated rings. The van der Waals surface area contributed by atoms with Gasteiger partial charge in [0.1, 0.15) is 5.82 Å². The van der Waals surface area contributed by atoms with E-state index in [9.17, 15) is 18.8 Å². The number of benzene rings is 1. The van der Waals surface area contributed by atoms with Gasteiger partial charge in [-0.3, -0.25) is 19.6 Å². The van der Waals surface area contributed by atoms with Crippen LogP contribution in [0.4, 0.5) is 15.3 Å². The molecule has 1 aliphatic heterocycles. The number of carbonyl (C=O) groups excluding carboxylic acids is 3. The summed E-state index contributed by atoms with van der Waals surface area (Å²) in [4.78, 5) is 42.7. The molecule has 1 atom stereocenters. The second-order valence-electron chi connectivity index (χ2n) is 6.52. The Balaban J connectivity index is 1.52. The third-order valence-corrected chi connectivity index (χ3v) is 5.56.